The number of hydrogen-bond acceptors (Lipinski definition) is 4. The Bertz CT molecular complexity index is 935. The van der Waals surface area contributed by atoms with Gasteiger partial charge in [-0.2, -0.15) is 5.10 Å². The Labute approximate surface area is 151 Å². The quantitative estimate of drug-likeness (QED) is 0.761. The first-order valence-electron chi connectivity index (χ1n) is 8.70. The number of anilines is 1. The summed E-state index contributed by atoms with van der Waals surface area (Å²) in [4.78, 5) is 17.1. The van der Waals surface area contributed by atoms with Crippen LogP contribution in [-0.2, 0) is 11.2 Å². The van der Waals surface area contributed by atoms with E-state index in [0.29, 0.717) is 25.3 Å². The summed E-state index contributed by atoms with van der Waals surface area (Å²) in [6, 6.07) is 15.5. The monoisotopic (exact) mass is 348 g/mol. The summed E-state index contributed by atoms with van der Waals surface area (Å²) in [5.41, 5.74) is 2.69. The largest absolute Gasteiger partial charge is 0.493 e. The molecule has 0 saturated carbocycles. The van der Waals surface area contributed by atoms with Crippen LogP contribution < -0.4 is 10.1 Å². The molecule has 0 radical (unpaired) electrons. The van der Waals surface area contributed by atoms with Gasteiger partial charge in [0.05, 0.1) is 6.61 Å². The van der Waals surface area contributed by atoms with Crippen LogP contribution in [0.2, 0.25) is 0 Å². The summed E-state index contributed by atoms with van der Waals surface area (Å²) in [7, 11) is 0. The topological polar surface area (TPSA) is 79.9 Å². The number of benzene rings is 2. The molecule has 2 heterocycles. The minimum Gasteiger partial charge on any atom is -0.493 e. The van der Waals surface area contributed by atoms with E-state index in [1.807, 2.05) is 55.5 Å². The van der Waals surface area contributed by atoms with Gasteiger partial charge in [0.15, 0.2) is 5.82 Å². The number of nitrogens with one attached hydrogen (secondary N) is 2. The molecule has 132 valence electrons. The van der Waals surface area contributed by atoms with Gasteiger partial charge >= 0.3 is 0 Å². The lowest BCUT2D eigenvalue weighted by atomic mass is 9.96. The van der Waals surface area contributed by atoms with E-state index in [9.17, 15) is 4.79 Å². The van der Waals surface area contributed by atoms with E-state index in [2.05, 4.69) is 20.5 Å². The van der Waals surface area contributed by atoms with E-state index in [-0.39, 0.29) is 11.8 Å². The van der Waals surface area contributed by atoms with Crippen LogP contribution >= 0.6 is 0 Å². The van der Waals surface area contributed by atoms with E-state index in [1.165, 1.54) is 0 Å². The normalized spacial score (nSPS) is 16.3. The maximum absolute atomic E-state index is 12.8. The van der Waals surface area contributed by atoms with Gasteiger partial charge in [0.1, 0.15) is 11.6 Å². The molecule has 2 N–H and O–H groups in total. The number of para-hydroxylation sites is 1. The summed E-state index contributed by atoms with van der Waals surface area (Å²) in [6.45, 7) is 2.40. The highest BCUT2D eigenvalue weighted by molar-refractivity contribution is 5.93. The standard InChI is InChI=1S/C20H20N4O2/c1-13-21-19(24-23-13)15-6-4-7-17(12-15)22-20(25)16-9-10-26-18-8-3-2-5-14(18)11-16/h2-8,12,16H,9-11H2,1H3,(H,22,25)(H,21,23,24). The zero-order valence-corrected chi connectivity index (χ0v) is 14.5. The van der Waals surface area contributed by atoms with E-state index in [4.69, 9.17) is 4.74 Å². The predicted octanol–water partition coefficient (Wildman–Crippen LogP) is 3.36. The second-order valence-corrected chi connectivity index (χ2v) is 6.46. The summed E-state index contributed by atoms with van der Waals surface area (Å²) < 4.78 is 5.76. The van der Waals surface area contributed by atoms with E-state index in [1.54, 1.807) is 0 Å². The number of H-pyrrole nitrogens is 1. The fraction of sp³-hybridized carbons (Fsp3) is 0.250. The molecule has 0 spiro atoms. The van der Waals surface area contributed by atoms with Crippen LogP contribution in [0.3, 0.4) is 0 Å². The minimum absolute atomic E-state index is 0.00798. The second-order valence-electron chi connectivity index (χ2n) is 6.46. The van der Waals surface area contributed by atoms with Gasteiger partial charge in [-0.05, 0) is 43.5 Å². The molecule has 0 bridgehead atoms. The highest BCUT2D eigenvalue weighted by atomic mass is 16.5. The molecule has 0 aliphatic carbocycles. The zero-order chi connectivity index (χ0) is 17.9. The highest BCUT2D eigenvalue weighted by Crippen LogP contribution is 2.27. The molecule has 1 atom stereocenters. The van der Waals surface area contributed by atoms with Gasteiger partial charge in [0, 0.05) is 17.2 Å². The van der Waals surface area contributed by atoms with Crippen molar-refractivity contribution < 1.29 is 9.53 Å². The molecule has 6 nitrogen and oxygen atoms in total. The van der Waals surface area contributed by atoms with E-state index >= 15 is 0 Å². The maximum Gasteiger partial charge on any atom is 0.227 e. The lowest BCUT2D eigenvalue weighted by Crippen LogP contribution is -2.25. The number of rotatable bonds is 3. The Kier molecular flexibility index (Phi) is 4.39. The average molecular weight is 348 g/mol. The number of aryl methyl sites for hydroxylation is 1. The van der Waals surface area contributed by atoms with Crippen molar-refractivity contribution in [1.29, 1.82) is 0 Å². The van der Waals surface area contributed by atoms with Gasteiger partial charge in [-0.1, -0.05) is 30.3 Å². The number of nitrogens with zero attached hydrogens (tertiary/aromatic N) is 2. The Hall–Kier alpha value is -3.15. The second kappa shape index (κ2) is 7.00. The molecule has 6 heteroatoms. The number of carbonyl (C=O) groups is 1. The van der Waals surface area contributed by atoms with Crippen LogP contribution in [0.25, 0.3) is 11.4 Å². The van der Waals surface area contributed by atoms with Gasteiger partial charge in [0.25, 0.3) is 0 Å². The predicted molar refractivity (Wildman–Crippen MR) is 98.9 cm³/mol. The van der Waals surface area contributed by atoms with Crippen molar-refractivity contribution in [1.82, 2.24) is 15.2 Å². The Balaban J connectivity index is 1.50. The van der Waals surface area contributed by atoms with Gasteiger partial charge in [0.2, 0.25) is 5.91 Å². The van der Waals surface area contributed by atoms with Crippen LogP contribution in [0.1, 0.15) is 17.8 Å². The van der Waals surface area contributed by atoms with Crippen molar-refractivity contribution >= 4 is 11.6 Å². The molecule has 3 aromatic rings. The number of ether oxygens (including phenoxy) is 1. The number of aromatic nitrogens is 3. The number of carbonyl (C=O) groups excluding carboxylic acids is 1. The first kappa shape index (κ1) is 16.3. The highest BCUT2D eigenvalue weighted by Gasteiger charge is 2.23. The number of aromatic amines is 1. The third kappa shape index (κ3) is 3.44. The molecule has 1 aliphatic heterocycles. The van der Waals surface area contributed by atoms with Crippen LogP contribution in [-0.4, -0.2) is 27.7 Å². The van der Waals surface area contributed by atoms with E-state index < -0.39 is 0 Å². The molecule has 1 amide bonds. The smallest absolute Gasteiger partial charge is 0.227 e. The summed E-state index contributed by atoms with van der Waals surface area (Å²) in [5, 5.41) is 10.0. The first-order chi connectivity index (χ1) is 12.7. The third-order valence-corrected chi connectivity index (χ3v) is 4.52. The Morgan fingerprint density at radius 3 is 2.96 bits per heavy atom. The molecule has 1 aliphatic rings. The lowest BCUT2D eigenvalue weighted by Gasteiger charge is -2.14. The fourth-order valence-electron chi connectivity index (χ4n) is 3.17. The van der Waals surface area contributed by atoms with Gasteiger partial charge in [-0.15, -0.1) is 0 Å². The zero-order valence-electron chi connectivity index (χ0n) is 14.5. The Morgan fingerprint density at radius 1 is 1.23 bits per heavy atom. The van der Waals surface area contributed by atoms with Crippen LogP contribution in [0.4, 0.5) is 5.69 Å². The first-order valence-corrected chi connectivity index (χ1v) is 8.70. The molecule has 1 aromatic heterocycles. The van der Waals surface area contributed by atoms with Crippen molar-refractivity contribution in [3.8, 4) is 17.1 Å². The molecule has 0 fully saturated rings. The lowest BCUT2D eigenvalue weighted by molar-refractivity contribution is -0.120. The van der Waals surface area contributed by atoms with Crippen molar-refractivity contribution in [2.75, 3.05) is 11.9 Å². The SMILES string of the molecule is Cc1nc(-c2cccc(NC(=O)C3CCOc4ccccc4C3)c2)n[nH]1. The minimum atomic E-state index is -0.118. The van der Waals surface area contributed by atoms with Crippen LogP contribution in [0.5, 0.6) is 5.75 Å². The summed E-state index contributed by atoms with van der Waals surface area (Å²) >= 11 is 0. The van der Waals surface area contributed by atoms with Gasteiger partial charge in [-0.25, -0.2) is 4.98 Å². The molecule has 26 heavy (non-hydrogen) atoms. The average Bonchev–Trinajstić information content (AvgIpc) is 2.97. The molecule has 2 aromatic carbocycles. The number of amides is 1. The van der Waals surface area contributed by atoms with Crippen LogP contribution in [0.15, 0.2) is 48.5 Å². The molecule has 0 saturated heterocycles. The van der Waals surface area contributed by atoms with Gasteiger partial charge < -0.3 is 10.1 Å². The van der Waals surface area contributed by atoms with Crippen LogP contribution in [0, 0.1) is 12.8 Å². The van der Waals surface area contributed by atoms with Crippen molar-refractivity contribution in [3.05, 3.63) is 59.9 Å². The molecule has 4 rings (SSSR count). The van der Waals surface area contributed by atoms with Crippen molar-refractivity contribution in [2.24, 2.45) is 5.92 Å². The molecular formula is C20H20N4O2. The third-order valence-electron chi connectivity index (χ3n) is 4.52. The molecule has 1 unspecified atom stereocenters. The van der Waals surface area contributed by atoms with E-state index in [0.717, 1.165) is 28.4 Å². The fourth-order valence-corrected chi connectivity index (χ4v) is 3.17. The Morgan fingerprint density at radius 2 is 2.12 bits per heavy atom. The maximum atomic E-state index is 12.8. The van der Waals surface area contributed by atoms with Crippen molar-refractivity contribution in [2.45, 2.75) is 19.8 Å². The van der Waals surface area contributed by atoms with Crippen molar-refractivity contribution in [3.63, 3.8) is 0 Å². The number of fused-ring (bicyclic) bond motifs is 1. The van der Waals surface area contributed by atoms with Gasteiger partial charge in [-0.3, -0.25) is 9.89 Å². The summed E-state index contributed by atoms with van der Waals surface area (Å²) in [5.74, 6) is 2.15. The number of hydrogen-bond donors (Lipinski definition) is 2. The summed E-state index contributed by atoms with van der Waals surface area (Å²) in [6.07, 6.45) is 1.38. The molecular weight excluding hydrogens is 328 g/mol.